The molecule has 3 N–H and O–H groups in total. The lowest BCUT2D eigenvalue weighted by Crippen LogP contribution is -2.33. The third kappa shape index (κ3) is 2.25. The molecule has 0 radical (unpaired) electrons. The second kappa shape index (κ2) is 4.65. The Hall–Kier alpha value is -0.490. The fourth-order valence-electron chi connectivity index (χ4n) is 3.12. The van der Waals surface area contributed by atoms with Crippen LogP contribution in [-0.2, 0) is 0 Å². The summed E-state index contributed by atoms with van der Waals surface area (Å²) in [6.07, 6.45) is 3.93. The summed E-state index contributed by atoms with van der Waals surface area (Å²) in [5.41, 5.74) is 8.03. The largest absolute Gasteiger partial charge is 0.397 e. The first kappa shape index (κ1) is 11.6. The van der Waals surface area contributed by atoms with Gasteiger partial charge in [0.05, 0.1) is 11.4 Å². The van der Waals surface area contributed by atoms with E-state index in [1.807, 2.05) is 6.07 Å². The molecule has 0 spiro atoms. The van der Waals surface area contributed by atoms with Gasteiger partial charge in [0.1, 0.15) is 0 Å². The maximum Gasteiger partial charge on any atom is 0.0577 e. The summed E-state index contributed by atoms with van der Waals surface area (Å²) >= 11 is 2.30. The van der Waals surface area contributed by atoms with Gasteiger partial charge in [-0.05, 0) is 66.6 Å². The first-order valence-electron chi connectivity index (χ1n) is 6.29. The molecular weight excluding hydrogens is 325 g/mol. The van der Waals surface area contributed by atoms with Crippen molar-refractivity contribution in [2.45, 2.75) is 31.3 Å². The summed E-state index contributed by atoms with van der Waals surface area (Å²) in [6.45, 7) is 2.53. The number of nitrogens with zero attached hydrogens (tertiary/aromatic N) is 1. The van der Waals surface area contributed by atoms with E-state index in [0.717, 1.165) is 17.4 Å². The molecule has 1 aromatic carbocycles. The number of nitrogen functional groups attached to an aromatic ring is 1. The van der Waals surface area contributed by atoms with Crippen molar-refractivity contribution in [3.05, 3.63) is 21.8 Å². The third-order valence-electron chi connectivity index (χ3n) is 3.96. The van der Waals surface area contributed by atoms with Crippen molar-refractivity contribution in [1.82, 2.24) is 4.90 Å². The predicted molar refractivity (Wildman–Crippen MR) is 80.2 cm³/mol. The Morgan fingerprint density at radius 3 is 3.00 bits per heavy atom. The first-order chi connectivity index (χ1) is 8.24. The second-order valence-corrected chi connectivity index (χ2v) is 6.26. The van der Waals surface area contributed by atoms with E-state index >= 15 is 0 Å². The number of anilines is 2. The average molecular weight is 343 g/mol. The molecule has 17 heavy (non-hydrogen) atoms. The van der Waals surface area contributed by atoms with Crippen molar-refractivity contribution in [2.75, 3.05) is 24.1 Å². The molecule has 3 rings (SSSR count). The SMILES string of the molecule is Nc1cc(I)ccc1NC1CCN2CCCC12. The Morgan fingerprint density at radius 1 is 1.29 bits per heavy atom. The third-order valence-corrected chi connectivity index (χ3v) is 4.63. The monoisotopic (exact) mass is 343 g/mol. The Morgan fingerprint density at radius 2 is 2.18 bits per heavy atom. The second-order valence-electron chi connectivity index (χ2n) is 5.02. The molecule has 1 aromatic rings. The molecule has 2 atom stereocenters. The molecule has 2 fully saturated rings. The normalized spacial score (nSPS) is 28.3. The molecule has 2 heterocycles. The van der Waals surface area contributed by atoms with Crippen molar-refractivity contribution < 1.29 is 0 Å². The number of nitrogens with two attached hydrogens (primary N) is 1. The van der Waals surface area contributed by atoms with Gasteiger partial charge in [0.25, 0.3) is 0 Å². The van der Waals surface area contributed by atoms with E-state index in [9.17, 15) is 0 Å². The van der Waals surface area contributed by atoms with Gasteiger partial charge < -0.3 is 11.1 Å². The molecule has 3 nitrogen and oxygen atoms in total. The van der Waals surface area contributed by atoms with E-state index in [1.165, 1.54) is 35.9 Å². The van der Waals surface area contributed by atoms with Gasteiger partial charge in [-0.25, -0.2) is 0 Å². The van der Waals surface area contributed by atoms with Crippen LogP contribution in [0.5, 0.6) is 0 Å². The van der Waals surface area contributed by atoms with Crippen LogP contribution in [0.25, 0.3) is 0 Å². The van der Waals surface area contributed by atoms with E-state index in [2.05, 4.69) is 44.9 Å². The summed E-state index contributed by atoms with van der Waals surface area (Å²) in [7, 11) is 0. The number of benzene rings is 1. The molecule has 92 valence electrons. The maximum absolute atomic E-state index is 6.06. The van der Waals surface area contributed by atoms with Crippen LogP contribution in [0.4, 0.5) is 11.4 Å². The van der Waals surface area contributed by atoms with Gasteiger partial charge >= 0.3 is 0 Å². The van der Waals surface area contributed by atoms with Gasteiger partial charge in [-0.1, -0.05) is 0 Å². The van der Waals surface area contributed by atoms with Crippen LogP contribution in [0.3, 0.4) is 0 Å². The highest BCUT2D eigenvalue weighted by atomic mass is 127. The van der Waals surface area contributed by atoms with Crippen molar-refractivity contribution >= 4 is 34.0 Å². The van der Waals surface area contributed by atoms with Crippen LogP contribution in [0.1, 0.15) is 19.3 Å². The van der Waals surface area contributed by atoms with Crippen LogP contribution < -0.4 is 11.1 Å². The van der Waals surface area contributed by atoms with Gasteiger partial charge in [-0.15, -0.1) is 0 Å². The number of fused-ring (bicyclic) bond motifs is 1. The first-order valence-corrected chi connectivity index (χ1v) is 7.37. The molecule has 0 saturated carbocycles. The minimum absolute atomic E-state index is 0.583. The van der Waals surface area contributed by atoms with Crippen molar-refractivity contribution in [1.29, 1.82) is 0 Å². The molecule has 2 aliphatic rings. The standard InChI is InChI=1S/C13H18IN3/c14-9-3-4-11(10(15)8-9)16-12-5-7-17-6-1-2-13(12)17/h3-4,8,12-13,16H,1-2,5-7,15H2. The Balaban J connectivity index is 1.74. The van der Waals surface area contributed by atoms with Crippen molar-refractivity contribution in [2.24, 2.45) is 0 Å². The molecule has 0 aliphatic carbocycles. The van der Waals surface area contributed by atoms with Crippen molar-refractivity contribution in [3.8, 4) is 0 Å². The molecule has 2 aliphatic heterocycles. The fourth-order valence-corrected chi connectivity index (χ4v) is 3.63. The topological polar surface area (TPSA) is 41.3 Å². The summed E-state index contributed by atoms with van der Waals surface area (Å²) in [5, 5.41) is 3.64. The van der Waals surface area contributed by atoms with Gasteiger partial charge in [0, 0.05) is 22.2 Å². The Kier molecular flexibility index (Phi) is 3.17. The van der Waals surface area contributed by atoms with Crippen LogP contribution in [0.2, 0.25) is 0 Å². The highest BCUT2D eigenvalue weighted by Crippen LogP contribution is 2.31. The number of halogens is 1. The van der Waals surface area contributed by atoms with Gasteiger partial charge in [0.15, 0.2) is 0 Å². The van der Waals surface area contributed by atoms with E-state index in [-0.39, 0.29) is 0 Å². The highest BCUT2D eigenvalue weighted by molar-refractivity contribution is 14.1. The van der Waals surface area contributed by atoms with Gasteiger partial charge in [0.2, 0.25) is 0 Å². The number of nitrogens with one attached hydrogen (secondary N) is 1. The van der Waals surface area contributed by atoms with Crippen LogP contribution in [0.15, 0.2) is 18.2 Å². The van der Waals surface area contributed by atoms with Crippen LogP contribution in [-0.4, -0.2) is 30.1 Å². The zero-order valence-electron chi connectivity index (χ0n) is 9.82. The van der Waals surface area contributed by atoms with Gasteiger partial charge in [-0.3, -0.25) is 4.90 Å². The fraction of sp³-hybridized carbons (Fsp3) is 0.538. The molecule has 0 bridgehead atoms. The minimum atomic E-state index is 0.583. The summed E-state index contributed by atoms with van der Waals surface area (Å²) < 4.78 is 1.19. The van der Waals surface area contributed by atoms with Crippen LogP contribution in [0, 0.1) is 3.57 Å². The van der Waals surface area contributed by atoms with E-state index < -0.39 is 0 Å². The van der Waals surface area contributed by atoms with Gasteiger partial charge in [-0.2, -0.15) is 0 Å². The smallest absolute Gasteiger partial charge is 0.0577 e. The molecule has 4 heteroatoms. The lowest BCUT2D eigenvalue weighted by Gasteiger charge is -2.23. The zero-order chi connectivity index (χ0) is 11.8. The van der Waals surface area contributed by atoms with E-state index in [1.54, 1.807) is 0 Å². The molecule has 0 aromatic heterocycles. The number of rotatable bonds is 2. The lowest BCUT2D eigenvalue weighted by molar-refractivity contribution is 0.318. The minimum Gasteiger partial charge on any atom is -0.397 e. The molecule has 0 amide bonds. The molecule has 2 saturated heterocycles. The van der Waals surface area contributed by atoms with Crippen LogP contribution >= 0.6 is 22.6 Å². The van der Waals surface area contributed by atoms with Crippen molar-refractivity contribution in [3.63, 3.8) is 0 Å². The predicted octanol–water partition coefficient (Wildman–Crippen LogP) is 2.52. The maximum atomic E-state index is 6.06. The molecule has 2 unspecified atom stereocenters. The van der Waals surface area contributed by atoms with E-state index in [4.69, 9.17) is 5.73 Å². The summed E-state index contributed by atoms with van der Waals surface area (Å²) in [5.74, 6) is 0. The Bertz CT molecular complexity index is 421. The van der Waals surface area contributed by atoms with E-state index in [0.29, 0.717) is 6.04 Å². The zero-order valence-corrected chi connectivity index (χ0v) is 12.0. The highest BCUT2D eigenvalue weighted by Gasteiger charge is 2.37. The molecular formula is C13H18IN3. The summed E-state index contributed by atoms with van der Waals surface area (Å²) in [4.78, 5) is 2.61. The Labute approximate surface area is 116 Å². The number of hydrogen-bond donors (Lipinski definition) is 2. The quantitative estimate of drug-likeness (QED) is 0.641. The average Bonchev–Trinajstić information content (AvgIpc) is 2.86. The number of hydrogen-bond acceptors (Lipinski definition) is 3. The lowest BCUT2D eigenvalue weighted by atomic mass is 10.1. The summed E-state index contributed by atoms with van der Waals surface area (Å²) in [6, 6.07) is 7.56.